The third-order valence-corrected chi connectivity index (χ3v) is 5.13. The van der Waals surface area contributed by atoms with Crippen molar-refractivity contribution < 1.29 is 9.50 Å². The zero-order valence-electron chi connectivity index (χ0n) is 11.6. The summed E-state index contributed by atoms with van der Waals surface area (Å²) in [5, 5.41) is 10.6. The molecule has 2 heterocycles. The van der Waals surface area contributed by atoms with Gasteiger partial charge in [-0.15, -0.1) is 0 Å². The average Bonchev–Trinajstić information content (AvgIpc) is 2.61. The van der Waals surface area contributed by atoms with Crippen molar-refractivity contribution in [3.8, 4) is 0 Å². The minimum absolute atomic E-state index is 0.225. The van der Waals surface area contributed by atoms with Crippen molar-refractivity contribution in [2.24, 2.45) is 5.92 Å². The molecule has 2 fully saturated rings. The monoisotopic (exact) mass is 263 g/mol. The lowest BCUT2D eigenvalue weighted by Crippen LogP contribution is -2.41. The molecule has 1 aromatic rings. The number of nitrogens with zero attached hydrogens (tertiary/aromatic N) is 1. The van der Waals surface area contributed by atoms with Gasteiger partial charge in [0.25, 0.3) is 0 Å². The Hall–Kier alpha value is -0.930. The van der Waals surface area contributed by atoms with E-state index >= 15 is 0 Å². The van der Waals surface area contributed by atoms with Crippen LogP contribution in [0, 0.1) is 18.7 Å². The van der Waals surface area contributed by atoms with Crippen molar-refractivity contribution in [2.75, 3.05) is 7.05 Å². The maximum absolute atomic E-state index is 13.2. The zero-order valence-corrected chi connectivity index (χ0v) is 11.6. The van der Waals surface area contributed by atoms with E-state index < -0.39 is 6.10 Å². The molecule has 3 rings (SSSR count). The molecule has 19 heavy (non-hydrogen) atoms. The molecule has 0 radical (unpaired) electrons. The van der Waals surface area contributed by atoms with Crippen LogP contribution in [0.5, 0.6) is 0 Å². The first-order valence-electron chi connectivity index (χ1n) is 7.22. The molecular weight excluding hydrogens is 241 g/mol. The maximum atomic E-state index is 13.2. The lowest BCUT2D eigenvalue weighted by Gasteiger charge is -2.38. The molecule has 2 bridgehead atoms. The third kappa shape index (κ3) is 2.30. The molecule has 2 saturated heterocycles. The highest BCUT2D eigenvalue weighted by Crippen LogP contribution is 2.42. The highest BCUT2D eigenvalue weighted by Gasteiger charge is 2.41. The van der Waals surface area contributed by atoms with Gasteiger partial charge in [-0.2, -0.15) is 0 Å². The summed E-state index contributed by atoms with van der Waals surface area (Å²) in [5.74, 6) is 0.0924. The zero-order chi connectivity index (χ0) is 13.6. The van der Waals surface area contributed by atoms with E-state index in [2.05, 4.69) is 11.9 Å². The Morgan fingerprint density at radius 2 is 1.89 bits per heavy atom. The van der Waals surface area contributed by atoms with Crippen LogP contribution in [-0.4, -0.2) is 29.1 Å². The quantitative estimate of drug-likeness (QED) is 0.886. The van der Waals surface area contributed by atoms with E-state index in [4.69, 9.17) is 0 Å². The first kappa shape index (κ1) is 13.1. The Kier molecular flexibility index (Phi) is 3.35. The lowest BCUT2D eigenvalue weighted by atomic mass is 9.83. The van der Waals surface area contributed by atoms with Crippen molar-refractivity contribution in [3.63, 3.8) is 0 Å². The van der Waals surface area contributed by atoms with Crippen LogP contribution < -0.4 is 0 Å². The van der Waals surface area contributed by atoms with Gasteiger partial charge in [0.15, 0.2) is 0 Å². The van der Waals surface area contributed by atoms with E-state index in [9.17, 15) is 9.50 Å². The lowest BCUT2D eigenvalue weighted by molar-refractivity contribution is 0.0353. The summed E-state index contributed by atoms with van der Waals surface area (Å²) >= 11 is 0. The molecule has 3 unspecified atom stereocenters. The molecule has 2 aliphatic rings. The van der Waals surface area contributed by atoms with Crippen LogP contribution in [0.3, 0.4) is 0 Å². The van der Waals surface area contributed by atoms with Gasteiger partial charge in [-0.1, -0.05) is 6.07 Å². The molecule has 0 spiro atoms. The molecule has 104 valence electrons. The second-order valence-electron chi connectivity index (χ2n) is 6.23. The summed E-state index contributed by atoms with van der Waals surface area (Å²) in [6.45, 7) is 1.88. The van der Waals surface area contributed by atoms with E-state index in [0.29, 0.717) is 18.0 Å². The molecule has 0 amide bonds. The van der Waals surface area contributed by atoms with E-state index in [0.717, 1.165) is 24.0 Å². The first-order chi connectivity index (χ1) is 9.06. The van der Waals surface area contributed by atoms with E-state index in [1.165, 1.54) is 25.0 Å². The second kappa shape index (κ2) is 4.88. The molecule has 0 aromatic heterocycles. The number of hydrogen-bond acceptors (Lipinski definition) is 2. The Bertz CT molecular complexity index is 462. The number of piperidine rings is 1. The van der Waals surface area contributed by atoms with Gasteiger partial charge in [0.05, 0.1) is 6.10 Å². The van der Waals surface area contributed by atoms with Crippen LogP contribution >= 0.6 is 0 Å². The molecule has 3 atom stereocenters. The van der Waals surface area contributed by atoms with Gasteiger partial charge < -0.3 is 10.0 Å². The Morgan fingerprint density at radius 3 is 2.47 bits per heavy atom. The number of aliphatic hydroxyl groups excluding tert-OH is 1. The Morgan fingerprint density at radius 1 is 1.26 bits per heavy atom. The fourth-order valence-electron chi connectivity index (χ4n) is 3.94. The van der Waals surface area contributed by atoms with Crippen LogP contribution in [-0.2, 0) is 0 Å². The summed E-state index contributed by atoms with van der Waals surface area (Å²) in [4.78, 5) is 2.47. The molecule has 1 N–H and O–H groups in total. The van der Waals surface area contributed by atoms with E-state index in [1.54, 1.807) is 6.07 Å². The van der Waals surface area contributed by atoms with Gasteiger partial charge >= 0.3 is 0 Å². The Balaban J connectivity index is 1.79. The number of fused-ring (bicyclic) bond motifs is 2. The second-order valence-corrected chi connectivity index (χ2v) is 6.23. The van der Waals surface area contributed by atoms with Crippen LogP contribution in [0.1, 0.15) is 42.9 Å². The predicted molar refractivity (Wildman–Crippen MR) is 73.4 cm³/mol. The summed E-state index contributed by atoms with van der Waals surface area (Å²) in [7, 11) is 2.20. The maximum Gasteiger partial charge on any atom is 0.123 e. The number of aryl methyl sites for hydroxylation is 1. The molecule has 0 saturated carbocycles. The number of hydrogen-bond donors (Lipinski definition) is 1. The minimum atomic E-state index is -0.447. The SMILES string of the molecule is Cc1cc(F)ccc1C(O)C1CC2CCC(C1)N2C. The van der Waals surface area contributed by atoms with Gasteiger partial charge in [0, 0.05) is 12.1 Å². The largest absolute Gasteiger partial charge is 0.388 e. The summed E-state index contributed by atoms with van der Waals surface area (Å²) < 4.78 is 13.2. The minimum Gasteiger partial charge on any atom is -0.388 e. The normalized spacial score (nSPS) is 32.5. The topological polar surface area (TPSA) is 23.5 Å². The predicted octanol–water partition coefficient (Wildman–Crippen LogP) is 3.04. The van der Waals surface area contributed by atoms with Gasteiger partial charge in [-0.3, -0.25) is 0 Å². The fraction of sp³-hybridized carbons (Fsp3) is 0.625. The molecule has 2 nitrogen and oxygen atoms in total. The average molecular weight is 263 g/mol. The number of halogens is 1. The summed E-state index contributed by atoms with van der Waals surface area (Å²) in [6.07, 6.45) is 4.19. The number of benzene rings is 1. The van der Waals surface area contributed by atoms with Crippen LogP contribution in [0.25, 0.3) is 0 Å². The van der Waals surface area contributed by atoms with Gasteiger partial charge in [0.1, 0.15) is 5.82 Å². The first-order valence-corrected chi connectivity index (χ1v) is 7.22. The van der Waals surface area contributed by atoms with Crippen molar-refractivity contribution in [1.29, 1.82) is 0 Å². The van der Waals surface area contributed by atoms with Crippen molar-refractivity contribution in [2.45, 2.75) is 50.8 Å². The summed E-state index contributed by atoms with van der Waals surface area (Å²) in [5.41, 5.74) is 1.76. The van der Waals surface area contributed by atoms with Crippen molar-refractivity contribution in [3.05, 3.63) is 35.1 Å². The number of aliphatic hydroxyl groups is 1. The van der Waals surface area contributed by atoms with Crippen molar-refractivity contribution >= 4 is 0 Å². The number of rotatable bonds is 2. The molecule has 3 heteroatoms. The van der Waals surface area contributed by atoms with Gasteiger partial charge in [-0.25, -0.2) is 4.39 Å². The molecule has 2 aliphatic heterocycles. The molecule has 1 aromatic carbocycles. The molecule has 0 aliphatic carbocycles. The van der Waals surface area contributed by atoms with Crippen LogP contribution in [0.4, 0.5) is 4.39 Å². The smallest absolute Gasteiger partial charge is 0.123 e. The van der Waals surface area contributed by atoms with Gasteiger partial charge in [0.2, 0.25) is 0 Å². The van der Waals surface area contributed by atoms with Crippen LogP contribution in [0.2, 0.25) is 0 Å². The third-order valence-electron chi connectivity index (χ3n) is 5.13. The van der Waals surface area contributed by atoms with E-state index in [-0.39, 0.29) is 5.82 Å². The Labute approximate surface area is 114 Å². The van der Waals surface area contributed by atoms with Crippen molar-refractivity contribution in [1.82, 2.24) is 4.90 Å². The van der Waals surface area contributed by atoms with E-state index in [1.807, 2.05) is 6.92 Å². The van der Waals surface area contributed by atoms with Crippen LogP contribution in [0.15, 0.2) is 18.2 Å². The highest BCUT2D eigenvalue weighted by atomic mass is 19.1. The summed E-state index contributed by atoms with van der Waals surface area (Å²) in [6, 6.07) is 5.96. The van der Waals surface area contributed by atoms with Gasteiger partial charge in [-0.05, 0) is 68.8 Å². The highest BCUT2D eigenvalue weighted by molar-refractivity contribution is 5.29. The molecular formula is C16H22FNO. The standard InChI is InChI=1S/C16H22FNO/c1-10-7-12(17)3-6-15(10)16(19)11-8-13-4-5-14(9-11)18(13)2/h3,6-7,11,13-14,16,19H,4-5,8-9H2,1-2H3. The fourth-order valence-corrected chi connectivity index (χ4v) is 3.94.